The summed E-state index contributed by atoms with van der Waals surface area (Å²) >= 11 is 0. The Hall–Kier alpha value is -1.81. The topological polar surface area (TPSA) is 104 Å². The fourth-order valence-corrected chi connectivity index (χ4v) is 4.61. The van der Waals surface area contributed by atoms with Crippen molar-refractivity contribution in [1.82, 2.24) is 25.1 Å². The third kappa shape index (κ3) is 6.10. The van der Waals surface area contributed by atoms with E-state index < -0.39 is 10.0 Å². The molecule has 0 radical (unpaired) electrons. The second kappa shape index (κ2) is 9.60. The number of rotatable bonds is 8. The summed E-state index contributed by atoms with van der Waals surface area (Å²) in [7, 11) is 0.384. The number of aromatic nitrogens is 2. The maximum atomic E-state index is 12.1. The first kappa shape index (κ1) is 20.9. The summed E-state index contributed by atoms with van der Waals surface area (Å²) in [6, 6.07) is 0.258. The molecule has 3 N–H and O–H groups in total. The average molecular weight is 412 g/mol. The summed E-state index contributed by atoms with van der Waals surface area (Å²) in [4.78, 5) is 6.56. The van der Waals surface area contributed by atoms with Crippen LogP contribution in [0, 0.1) is 5.92 Å². The zero-order chi connectivity index (χ0) is 20.0. The second-order valence-electron chi connectivity index (χ2n) is 7.76. The van der Waals surface area contributed by atoms with Gasteiger partial charge in [-0.15, -0.1) is 0 Å². The second-order valence-corrected chi connectivity index (χ2v) is 9.69. The molecule has 1 aromatic heterocycles. The van der Waals surface area contributed by atoms with Crippen molar-refractivity contribution >= 4 is 21.7 Å². The average Bonchev–Trinajstić information content (AvgIpc) is 3.06. The van der Waals surface area contributed by atoms with Crippen molar-refractivity contribution in [2.45, 2.75) is 38.1 Å². The first-order valence-corrected chi connectivity index (χ1v) is 11.8. The number of aliphatic imine (C=N–C) groups is 1. The molecule has 2 fully saturated rings. The first-order chi connectivity index (χ1) is 13.4. The third-order valence-corrected chi connectivity index (χ3v) is 6.87. The summed E-state index contributed by atoms with van der Waals surface area (Å²) in [6.07, 6.45) is 9.54. The van der Waals surface area contributed by atoms with Gasteiger partial charge < -0.3 is 15.5 Å². The summed E-state index contributed by atoms with van der Waals surface area (Å²) in [5, 5.41) is 10.8. The number of nitrogens with zero attached hydrogens (tertiary/aromatic N) is 4. The summed E-state index contributed by atoms with van der Waals surface area (Å²) in [6.45, 7) is 2.79. The van der Waals surface area contributed by atoms with Gasteiger partial charge in [0.05, 0.1) is 17.6 Å². The van der Waals surface area contributed by atoms with Crippen molar-refractivity contribution in [1.29, 1.82) is 0 Å². The van der Waals surface area contributed by atoms with Crippen LogP contribution >= 0.6 is 0 Å². The van der Waals surface area contributed by atoms with E-state index >= 15 is 0 Å². The van der Waals surface area contributed by atoms with Crippen molar-refractivity contribution < 1.29 is 8.42 Å². The van der Waals surface area contributed by atoms with Crippen molar-refractivity contribution in [3.63, 3.8) is 0 Å². The van der Waals surface area contributed by atoms with E-state index in [1.54, 1.807) is 7.05 Å². The lowest BCUT2D eigenvalue weighted by molar-refractivity contribution is 0.316. The van der Waals surface area contributed by atoms with E-state index in [9.17, 15) is 8.42 Å². The number of sulfonamides is 1. The highest BCUT2D eigenvalue weighted by atomic mass is 32.2. The van der Waals surface area contributed by atoms with Gasteiger partial charge in [-0.3, -0.25) is 9.67 Å². The number of hydrogen-bond donors (Lipinski definition) is 3. The van der Waals surface area contributed by atoms with Crippen LogP contribution in [0.4, 0.5) is 5.69 Å². The number of hydrogen-bond acceptors (Lipinski definition) is 5. The summed E-state index contributed by atoms with van der Waals surface area (Å²) in [5.74, 6) is 1.21. The minimum atomic E-state index is -3.25. The molecule has 9 nitrogen and oxygen atoms in total. The molecule has 2 aliphatic rings. The molecule has 0 aromatic carbocycles. The minimum absolute atomic E-state index is 0.0485. The molecule has 1 aliphatic heterocycles. The van der Waals surface area contributed by atoms with Crippen molar-refractivity contribution in [3.05, 3.63) is 12.4 Å². The Morgan fingerprint density at radius 2 is 2.14 bits per heavy atom. The largest absolute Gasteiger partial charge is 0.367 e. The Labute approximate surface area is 168 Å². The molecule has 0 amide bonds. The van der Waals surface area contributed by atoms with Gasteiger partial charge in [0, 0.05) is 52.5 Å². The Morgan fingerprint density at radius 3 is 2.79 bits per heavy atom. The molecule has 1 atom stereocenters. The standard InChI is InChI=1S/C18H33N7O2S/c1-19-18(20-8-10-28(26,27)22-11-15-5-3-6-15)23-16-7-4-9-25(13-16)17-12-21-24(2)14-17/h12,14-16,22H,3-11,13H2,1-2H3,(H2,19,20,23). The van der Waals surface area contributed by atoms with Crippen LogP contribution in [0.2, 0.25) is 0 Å². The first-order valence-electron chi connectivity index (χ1n) is 10.1. The predicted molar refractivity (Wildman–Crippen MR) is 112 cm³/mol. The lowest BCUT2D eigenvalue weighted by Crippen LogP contribution is -2.52. The van der Waals surface area contributed by atoms with Gasteiger partial charge >= 0.3 is 0 Å². The zero-order valence-corrected chi connectivity index (χ0v) is 17.7. The minimum Gasteiger partial charge on any atom is -0.367 e. The van der Waals surface area contributed by atoms with Gasteiger partial charge in [0.1, 0.15) is 0 Å². The highest BCUT2D eigenvalue weighted by Crippen LogP contribution is 2.25. The van der Waals surface area contributed by atoms with Gasteiger partial charge in [0.25, 0.3) is 0 Å². The Kier molecular flexibility index (Phi) is 7.17. The fourth-order valence-electron chi connectivity index (χ4n) is 3.61. The quantitative estimate of drug-likeness (QED) is 0.419. The lowest BCUT2D eigenvalue weighted by Gasteiger charge is -2.34. The molecule has 1 aromatic rings. The molecular formula is C18H33N7O2S. The Morgan fingerprint density at radius 1 is 1.32 bits per heavy atom. The summed E-state index contributed by atoms with van der Waals surface area (Å²) in [5.41, 5.74) is 1.13. The van der Waals surface area contributed by atoms with Crippen LogP contribution in [0.15, 0.2) is 17.4 Å². The van der Waals surface area contributed by atoms with Gasteiger partial charge in [-0.1, -0.05) is 6.42 Å². The van der Waals surface area contributed by atoms with Crippen LogP contribution in [-0.4, -0.2) is 69.2 Å². The van der Waals surface area contributed by atoms with Crippen LogP contribution in [0.25, 0.3) is 0 Å². The van der Waals surface area contributed by atoms with E-state index in [0.717, 1.165) is 44.5 Å². The van der Waals surface area contributed by atoms with Crippen LogP contribution in [0.3, 0.4) is 0 Å². The van der Waals surface area contributed by atoms with Crippen molar-refractivity contribution in [2.75, 3.05) is 43.9 Å². The maximum Gasteiger partial charge on any atom is 0.213 e. The predicted octanol–water partition coefficient (Wildman–Crippen LogP) is 0.273. The molecular weight excluding hydrogens is 378 g/mol. The van der Waals surface area contributed by atoms with Gasteiger partial charge in [-0.25, -0.2) is 13.1 Å². The molecule has 1 saturated heterocycles. The third-order valence-electron chi connectivity index (χ3n) is 5.52. The van der Waals surface area contributed by atoms with Gasteiger partial charge in [-0.05, 0) is 31.6 Å². The molecule has 1 saturated carbocycles. The number of anilines is 1. The molecule has 28 heavy (non-hydrogen) atoms. The normalized spacial score (nSPS) is 21.4. The number of nitrogens with one attached hydrogen (secondary N) is 3. The molecule has 2 heterocycles. The molecule has 1 aliphatic carbocycles. The van der Waals surface area contributed by atoms with Crippen molar-refractivity contribution in [3.8, 4) is 0 Å². The maximum absolute atomic E-state index is 12.1. The Bertz CT molecular complexity index is 758. The van der Waals surface area contributed by atoms with E-state index in [0.29, 0.717) is 25.0 Å². The molecule has 10 heteroatoms. The summed E-state index contributed by atoms with van der Waals surface area (Å²) < 4.78 is 28.8. The Balaban J connectivity index is 1.41. The number of piperidine rings is 1. The highest BCUT2D eigenvalue weighted by molar-refractivity contribution is 7.89. The number of guanidine groups is 1. The lowest BCUT2D eigenvalue weighted by atomic mass is 9.86. The van der Waals surface area contributed by atoms with E-state index in [-0.39, 0.29) is 11.8 Å². The fraction of sp³-hybridized carbons (Fsp3) is 0.778. The van der Waals surface area contributed by atoms with E-state index in [4.69, 9.17) is 0 Å². The molecule has 1 unspecified atom stereocenters. The SMILES string of the molecule is CN=C(NCCS(=O)(=O)NCC1CCC1)NC1CCCN(c2cnn(C)c2)C1. The van der Waals surface area contributed by atoms with E-state index in [2.05, 4.69) is 30.3 Å². The van der Waals surface area contributed by atoms with Crippen LogP contribution in [0.1, 0.15) is 32.1 Å². The molecule has 3 rings (SSSR count). The van der Waals surface area contributed by atoms with E-state index in [1.165, 1.54) is 6.42 Å². The zero-order valence-electron chi connectivity index (χ0n) is 16.9. The van der Waals surface area contributed by atoms with Crippen LogP contribution in [0.5, 0.6) is 0 Å². The monoisotopic (exact) mass is 411 g/mol. The van der Waals surface area contributed by atoms with E-state index in [1.807, 2.05) is 24.1 Å². The van der Waals surface area contributed by atoms with Crippen molar-refractivity contribution in [2.24, 2.45) is 18.0 Å². The van der Waals surface area contributed by atoms with Gasteiger partial charge in [-0.2, -0.15) is 5.10 Å². The molecule has 158 valence electrons. The highest BCUT2D eigenvalue weighted by Gasteiger charge is 2.22. The van der Waals surface area contributed by atoms with Crippen LogP contribution < -0.4 is 20.3 Å². The smallest absolute Gasteiger partial charge is 0.213 e. The molecule has 0 spiro atoms. The molecule has 0 bridgehead atoms. The number of aryl methyl sites for hydroxylation is 1. The van der Waals surface area contributed by atoms with Crippen LogP contribution in [-0.2, 0) is 17.1 Å². The van der Waals surface area contributed by atoms with Gasteiger partial charge in [0.2, 0.25) is 10.0 Å². The van der Waals surface area contributed by atoms with Gasteiger partial charge in [0.15, 0.2) is 5.96 Å².